The zero-order chi connectivity index (χ0) is 17.2. The van der Waals surface area contributed by atoms with Gasteiger partial charge in [-0.3, -0.25) is 4.79 Å². The van der Waals surface area contributed by atoms with E-state index in [1.165, 1.54) is 10.8 Å². The normalized spacial score (nSPS) is 24.4. The molecule has 3 fully saturated rings. The number of rotatable bonds is 3. The van der Waals surface area contributed by atoms with Crippen LogP contribution >= 0.6 is 0 Å². The van der Waals surface area contributed by atoms with E-state index in [1.807, 2.05) is 0 Å². The minimum atomic E-state index is -1.62. The molecule has 1 aromatic carbocycles. The molecular weight excluding hydrogens is 323 g/mol. The highest BCUT2D eigenvalue weighted by Gasteiger charge is 2.58. The van der Waals surface area contributed by atoms with Gasteiger partial charge in [0.05, 0.1) is 17.5 Å². The fourth-order valence-corrected chi connectivity index (χ4v) is 3.85. The molecule has 3 aliphatic rings. The second-order valence-electron chi connectivity index (χ2n) is 6.55. The number of hydrogen-bond acceptors (Lipinski definition) is 3. The molecule has 1 aromatic heterocycles. The summed E-state index contributed by atoms with van der Waals surface area (Å²) in [5.74, 6) is -4.80. The molecule has 1 heterocycles. The van der Waals surface area contributed by atoms with Crippen molar-refractivity contribution in [2.75, 3.05) is 6.61 Å². The van der Waals surface area contributed by atoms with Gasteiger partial charge in [0.2, 0.25) is 5.43 Å². The number of esters is 1. The molecule has 3 aliphatic carbocycles. The van der Waals surface area contributed by atoms with Gasteiger partial charge in [-0.05, 0) is 38.2 Å². The summed E-state index contributed by atoms with van der Waals surface area (Å²) in [6, 6.07) is 0.654. The predicted octanol–water partition coefficient (Wildman–Crippen LogP) is 3.10. The highest BCUT2D eigenvalue weighted by Crippen LogP contribution is 2.62. The van der Waals surface area contributed by atoms with Gasteiger partial charge < -0.3 is 9.30 Å². The molecule has 7 heteroatoms. The van der Waals surface area contributed by atoms with Gasteiger partial charge in [0.1, 0.15) is 5.56 Å². The molecule has 5 rings (SSSR count). The molecule has 0 unspecified atom stereocenters. The molecule has 0 radical (unpaired) electrons. The number of fused-ring (bicyclic) bond motifs is 1. The Balaban J connectivity index is 2.07. The van der Waals surface area contributed by atoms with Crippen molar-refractivity contribution < 1.29 is 22.7 Å². The van der Waals surface area contributed by atoms with Crippen LogP contribution in [0.25, 0.3) is 10.9 Å². The summed E-state index contributed by atoms with van der Waals surface area (Å²) in [6.45, 7) is 1.66. The number of ether oxygens (including phenoxy) is 1. The van der Waals surface area contributed by atoms with E-state index in [0.717, 1.165) is 19.3 Å². The van der Waals surface area contributed by atoms with Gasteiger partial charge in [-0.2, -0.15) is 0 Å². The minimum Gasteiger partial charge on any atom is -0.462 e. The Morgan fingerprint density at radius 1 is 1.29 bits per heavy atom. The summed E-state index contributed by atoms with van der Waals surface area (Å²) in [4.78, 5) is 24.5. The summed E-state index contributed by atoms with van der Waals surface area (Å²) in [5.41, 5.74) is -1.86. The lowest BCUT2D eigenvalue weighted by Crippen LogP contribution is -2.59. The zero-order valence-electron chi connectivity index (χ0n) is 12.9. The Kier molecular flexibility index (Phi) is 3.07. The second kappa shape index (κ2) is 4.84. The van der Waals surface area contributed by atoms with Crippen LogP contribution in [0.5, 0.6) is 0 Å². The van der Waals surface area contributed by atoms with Gasteiger partial charge in [-0.15, -0.1) is 0 Å². The first-order valence-electron chi connectivity index (χ1n) is 7.78. The average Bonchev–Trinajstić information content (AvgIpc) is 2.44. The molecule has 0 amide bonds. The quantitative estimate of drug-likeness (QED) is 0.639. The number of carbonyl (C=O) groups is 1. The lowest BCUT2D eigenvalue weighted by molar-refractivity contribution is -0.0863. The van der Waals surface area contributed by atoms with Crippen LogP contribution in [-0.2, 0) is 10.3 Å². The van der Waals surface area contributed by atoms with Crippen LogP contribution < -0.4 is 5.43 Å². The maximum atomic E-state index is 14.4. The molecular formula is C17H14F3NO3. The van der Waals surface area contributed by atoms with Crippen LogP contribution in [0.1, 0.15) is 36.5 Å². The van der Waals surface area contributed by atoms with E-state index in [1.54, 1.807) is 6.92 Å². The first kappa shape index (κ1) is 15.2. The van der Waals surface area contributed by atoms with Crippen LogP contribution in [0, 0.1) is 23.4 Å². The maximum absolute atomic E-state index is 14.4. The zero-order valence-corrected chi connectivity index (χ0v) is 12.9. The number of carbonyl (C=O) groups excluding carboxylic acids is 1. The Bertz CT molecular complexity index is 933. The van der Waals surface area contributed by atoms with E-state index in [9.17, 15) is 22.8 Å². The molecule has 126 valence electrons. The van der Waals surface area contributed by atoms with Gasteiger partial charge in [0, 0.05) is 11.7 Å². The van der Waals surface area contributed by atoms with Crippen molar-refractivity contribution in [3.05, 3.63) is 45.5 Å². The number of pyridine rings is 1. The first-order chi connectivity index (χ1) is 11.4. The summed E-state index contributed by atoms with van der Waals surface area (Å²) >= 11 is 0. The van der Waals surface area contributed by atoms with Crippen LogP contribution in [0.3, 0.4) is 0 Å². The summed E-state index contributed by atoms with van der Waals surface area (Å²) in [6.07, 6.45) is 3.54. The van der Waals surface area contributed by atoms with E-state index in [4.69, 9.17) is 4.74 Å². The summed E-state index contributed by atoms with van der Waals surface area (Å²) in [5, 5.41) is -0.346. The van der Waals surface area contributed by atoms with Crippen molar-refractivity contribution in [1.29, 1.82) is 0 Å². The molecule has 2 bridgehead atoms. The molecule has 4 nitrogen and oxygen atoms in total. The molecule has 2 aromatic rings. The second-order valence-corrected chi connectivity index (χ2v) is 6.55. The maximum Gasteiger partial charge on any atom is 0.343 e. The number of hydrogen-bond donors (Lipinski definition) is 0. The van der Waals surface area contributed by atoms with Crippen molar-refractivity contribution in [3.63, 3.8) is 0 Å². The minimum absolute atomic E-state index is 0.0651. The smallest absolute Gasteiger partial charge is 0.343 e. The molecule has 0 spiro atoms. The van der Waals surface area contributed by atoms with Crippen molar-refractivity contribution >= 4 is 16.9 Å². The van der Waals surface area contributed by atoms with Gasteiger partial charge in [0.25, 0.3) is 0 Å². The van der Waals surface area contributed by atoms with Crippen molar-refractivity contribution in [2.45, 2.75) is 31.7 Å². The third-order valence-corrected chi connectivity index (χ3v) is 5.14. The lowest BCUT2D eigenvalue weighted by Gasteiger charge is -2.63. The third-order valence-electron chi connectivity index (χ3n) is 5.14. The lowest BCUT2D eigenvalue weighted by atomic mass is 9.49. The van der Waals surface area contributed by atoms with Crippen molar-refractivity contribution in [2.24, 2.45) is 5.92 Å². The molecule has 0 N–H and O–H groups in total. The van der Waals surface area contributed by atoms with E-state index in [2.05, 4.69) is 0 Å². The van der Waals surface area contributed by atoms with Gasteiger partial charge in [-0.25, -0.2) is 18.0 Å². The molecule has 3 saturated carbocycles. The topological polar surface area (TPSA) is 48.3 Å². The van der Waals surface area contributed by atoms with Crippen LogP contribution in [-0.4, -0.2) is 17.1 Å². The van der Waals surface area contributed by atoms with E-state index in [-0.39, 0.29) is 23.1 Å². The SMILES string of the molecule is CCOC(=O)c1cn(C23CC(C2)C3)c2c(F)c(F)c(F)cc2c1=O. The standard InChI is InChI=1S/C17H14F3NO3/c1-2-24-16(23)10-7-21(17-4-8(5-17)6-17)14-9(15(10)22)3-11(18)12(19)13(14)20/h3,7-8H,2,4-6H2,1H3. The highest BCUT2D eigenvalue weighted by molar-refractivity contribution is 5.94. The highest BCUT2D eigenvalue weighted by atomic mass is 19.2. The molecule has 24 heavy (non-hydrogen) atoms. The molecule has 0 saturated heterocycles. The third kappa shape index (κ3) is 1.81. The van der Waals surface area contributed by atoms with Gasteiger partial charge >= 0.3 is 5.97 Å². The number of benzene rings is 1. The summed E-state index contributed by atoms with van der Waals surface area (Å²) in [7, 11) is 0. The number of aromatic nitrogens is 1. The molecule has 0 atom stereocenters. The first-order valence-corrected chi connectivity index (χ1v) is 7.78. The van der Waals surface area contributed by atoms with Crippen molar-refractivity contribution in [1.82, 2.24) is 4.57 Å². The predicted molar refractivity (Wildman–Crippen MR) is 79.4 cm³/mol. The number of nitrogens with zero attached hydrogens (tertiary/aromatic N) is 1. The van der Waals surface area contributed by atoms with Crippen LogP contribution in [0.15, 0.2) is 17.1 Å². The monoisotopic (exact) mass is 337 g/mol. The summed E-state index contributed by atoms with van der Waals surface area (Å²) < 4.78 is 48.0. The van der Waals surface area contributed by atoms with Crippen LogP contribution in [0.2, 0.25) is 0 Å². The van der Waals surface area contributed by atoms with Crippen molar-refractivity contribution in [3.8, 4) is 0 Å². The van der Waals surface area contributed by atoms with Gasteiger partial charge in [0.15, 0.2) is 17.5 Å². The van der Waals surface area contributed by atoms with Crippen LogP contribution in [0.4, 0.5) is 13.2 Å². The fourth-order valence-electron chi connectivity index (χ4n) is 3.85. The van der Waals surface area contributed by atoms with E-state index in [0.29, 0.717) is 12.0 Å². The fraction of sp³-hybridized carbons (Fsp3) is 0.412. The number of halogens is 3. The van der Waals surface area contributed by atoms with Gasteiger partial charge in [-0.1, -0.05) is 0 Å². The Hall–Kier alpha value is -2.31. The largest absolute Gasteiger partial charge is 0.462 e. The van der Waals surface area contributed by atoms with E-state index < -0.39 is 34.4 Å². The van der Waals surface area contributed by atoms with E-state index >= 15 is 0 Å². The average molecular weight is 337 g/mol. The molecule has 0 aliphatic heterocycles. The Labute approximate surface area is 134 Å². The Morgan fingerprint density at radius 3 is 2.50 bits per heavy atom. The Morgan fingerprint density at radius 2 is 1.96 bits per heavy atom.